The first-order chi connectivity index (χ1) is 11.5. The van der Waals surface area contributed by atoms with Gasteiger partial charge in [-0.15, -0.1) is 11.3 Å². The Bertz CT molecular complexity index is 713. The quantitative estimate of drug-likeness (QED) is 0.773. The predicted molar refractivity (Wildman–Crippen MR) is 95.8 cm³/mol. The van der Waals surface area contributed by atoms with Gasteiger partial charge in [0.2, 0.25) is 5.91 Å². The summed E-state index contributed by atoms with van der Waals surface area (Å²) in [7, 11) is 1.83. The Labute approximate surface area is 153 Å². The molecular weight excluding hydrogens is 392 g/mol. The Morgan fingerprint density at radius 3 is 2.92 bits per heavy atom. The molecule has 1 fully saturated rings. The van der Waals surface area contributed by atoms with Gasteiger partial charge in [0.25, 0.3) is 5.91 Å². The molecule has 0 aliphatic carbocycles. The van der Waals surface area contributed by atoms with E-state index >= 15 is 0 Å². The minimum Gasteiger partial charge on any atom is -0.472 e. The Morgan fingerprint density at radius 2 is 2.25 bits per heavy atom. The summed E-state index contributed by atoms with van der Waals surface area (Å²) in [6, 6.07) is 5.67. The molecule has 2 aromatic rings. The van der Waals surface area contributed by atoms with E-state index in [-0.39, 0.29) is 17.7 Å². The van der Waals surface area contributed by atoms with Gasteiger partial charge in [-0.1, -0.05) is 0 Å². The Morgan fingerprint density at radius 1 is 1.42 bits per heavy atom. The molecule has 0 aromatic carbocycles. The summed E-state index contributed by atoms with van der Waals surface area (Å²) in [6.07, 6.45) is 4.62. The van der Waals surface area contributed by atoms with Crippen molar-refractivity contribution in [2.75, 3.05) is 20.1 Å². The number of thiophene rings is 1. The highest BCUT2D eigenvalue weighted by atomic mass is 79.9. The molecule has 2 amide bonds. The van der Waals surface area contributed by atoms with Crippen LogP contribution in [0.2, 0.25) is 0 Å². The molecule has 0 spiro atoms. The number of rotatable bonds is 4. The average molecular weight is 411 g/mol. The van der Waals surface area contributed by atoms with E-state index in [1.165, 1.54) is 12.5 Å². The molecule has 0 saturated carbocycles. The molecule has 1 aliphatic heterocycles. The summed E-state index contributed by atoms with van der Waals surface area (Å²) < 4.78 is 6.04. The van der Waals surface area contributed by atoms with Crippen molar-refractivity contribution in [3.8, 4) is 0 Å². The number of carbonyl (C=O) groups is 2. The van der Waals surface area contributed by atoms with Crippen molar-refractivity contribution in [1.29, 1.82) is 0 Å². The van der Waals surface area contributed by atoms with E-state index in [0.29, 0.717) is 25.2 Å². The van der Waals surface area contributed by atoms with Crippen LogP contribution in [-0.4, -0.2) is 41.8 Å². The first-order valence-corrected chi connectivity index (χ1v) is 9.46. The second kappa shape index (κ2) is 7.53. The number of hydrogen-bond donors (Lipinski definition) is 0. The van der Waals surface area contributed by atoms with E-state index in [4.69, 9.17) is 4.42 Å². The Kier molecular flexibility index (Phi) is 5.40. The Balaban J connectivity index is 1.61. The third kappa shape index (κ3) is 3.89. The van der Waals surface area contributed by atoms with Crippen LogP contribution in [0.15, 0.2) is 38.9 Å². The number of furan rings is 1. The molecule has 5 nitrogen and oxygen atoms in total. The molecule has 0 N–H and O–H groups in total. The highest BCUT2D eigenvalue weighted by Gasteiger charge is 2.31. The molecule has 1 atom stereocenters. The zero-order valence-corrected chi connectivity index (χ0v) is 15.8. The minimum absolute atomic E-state index is 0.0638. The summed E-state index contributed by atoms with van der Waals surface area (Å²) >= 11 is 5.07. The largest absolute Gasteiger partial charge is 0.472 e. The highest BCUT2D eigenvalue weighted by molar-refractivity contribution is 9.11. The monoisotopic (exact) mass is 410 g/mol. The van der Waals surface area contributed by atoms with Gasteiger partial charge in [-0.05, 0) is 47.0 Å². The van der Waals surface area contributed by atoms with Crippen molar-refractivity contribution in [3.05, 3.63) is 45.0 Å². The number of nitrogens with zero attached hydrogens (tertiary/aromatic N) is 2. The van der Waals surface area contributed by atoms with Gasteiger partial charge in [-0.25, -0.2) is 0 Å². The SMILES string of the molecule is CN(Cc1ccc(Br)s1)C(=O)[C@@H]1CCCN(C(=O)c2ccoc2)C1. The number of amides is 2. The van der Waals surface area contributed by atoms with E-state index in [0.717, 1.165) is 21.5 Å². The van der Waals surface area contributed by atoms with Crippen LogP contribution in [0.3, 0.4) is 0 Å². The van der Waals surface area contributed by atoms with E-state index in [9.17, 15) is 9.59 Å². The maximum absolute atomic E-state index is 12.7. The summed E-state index contributed by atoms with van der Waals surface area (Å²) in [6.45, 7) is 1.76. The fourth-order valence-electron chi connectivity index (χ4n) is 2.99. The van der Waals surface area contributed by atoms with Crippen LogP contribution in [0.1, 0.15) is 28.1 Å². The second-order valence-corrected chi connectivity index (χ2v) is 8.55. The normalized spacial score (nSPS) is 17.8. The van der Waals surface area contributed by atoms with Crippen molar-refractivity contribution < 1.29 is 14.0 Å². The van der Waals surface area contributed by atoms with Gasteiger partial charge >= 0.3 is 0 Å². The van der Waals surface area contributed by atoms with Gasteiger partial charge in [-0.3, -0.25) is 9.59 Å². The third-order valence-electron chi connectivity index (χ3n) is 4.22. The van der Waals surface area contributed by atoms with Gasteiger partial charge in [0.05, 0.1) is 28.1 Å². The number of piperidine rings is 1. The van der Waals surface area contributed by atoms with Crippen LogP contribution in [-0.2, 0) is 11.3 Å². The molecule has 2 aromatic heterocycles. The zero-order valence-electron chi connectivity index (χ0n) is 13.4. The molecule has 3 rings (SSSR count). The molecule has 0 bridgehead atoms. The fourth-order valence-corrected chi connectivity index (χ4v) is 4.53. The smallest absolute Gasteiger partial charge is 0.257 e. The van der Waals surface area contributed by atoms with Gasteiger partial charge in [0.15, 0.2) is 0 Å². The number of hydrogen-bond acceptors (Lipinski definition) is 4. The predicted octanol–water partition coefficient (Wildman–Crippen LogP) is 3.61. The molecule has 3 heterocycles. The third-order valence-corrected chi connectivity index (χ3v) is 5.83. The van der Waals surface area contributed by atoms with Crippen molar-refractivity contribution >= 4 is 39.1 Å². The van der Waals surface area contributed by atoms with Crippen molar-refractivity contribution in [3.63, 3.8) is 0 Å². The average Bonchev–Trinajstić information content (AvgIpc) is 3.25. The lowest BCUT2D eigenvalue weighted by molar-refractivity contribution is -0.136. The zero-order chi connectivity index (χ0) is 17.1. The van der Waals surface area contributed by atoms with Crippen LogP contribution in [0, 0.1) is 5.92 Å². The van der Waals surface area contributed by atoms with E-state index in [1.54, 1.807) is 27.2 Å². The fraction of sp³-hybridized carbons (Fsp3) is 0.412. The maximum atomic E-state index is 12.7. The summed E-state index contributed by atoms with van der Waals surface area (Å²) in [5.41, 5.74) is 0.542. The summed E-state index contributed by atoms with van der Waals surface area (Å²) in [4.78, 5) is 29.8. The first-order valence-electron chi connectivity index (χ1n) is 7.85. The lowest BCUT2D eigenvalue weighted by atomic mass is 9.96. The molecule has 7 heteroatoms. The standard InChI is InChI=1S/C17H19BrN2O3S/c1-19(10-14-4-5-15(18)24-14)16(21)12-3-2-7-20(9-12)17(22)13-6-8-23-11-13/h4-6,8,11-12H,2-3,7,9-10H2,1H3/t12-/m1/s1. The van der Waals surface area contributed by atoms with E-state index in [2.05, 4.69) is 15.9 Å². The minimum atomic E-state index is -0.136. The molecule has 24 heavy (non-hydrogen) atoms. The molecule has 1 aliphatic rings. The number of halogens is 1. The molecule has 128 valence electrons. The van der Waals surface area contributed by atoms with Gasteiger partial charge < -0.3 is 14.2 Å². The topological polar surface area (TPSA) is 53.8 Å². The molecule has 0 unspecified atom stereocenters. The van der Waals surface area contributed by atoms with Gasteiger partial charge in [0.1, 0.15) is 6.26 Å². The first kappa shape index (κ1) is 17.2. The number of carbonyl (C=O) groups excluding carboxylic acids is 2. The van der Waals surface area contributed by atoms with Crippen molar-refractivity contribution in [1.82, 2.24) is 9.80 Å². The van der Waals surface area contributed by atoms with Crippen LogP contribution in [0.25, 0.3) is 0 Å². The van der Waals surface area contributed by atoms with Crippen LogP contribution >= 0.6 is 27.3 Å². The summed E-state index contributed by atoms with van der Waals surface area (Å²) in [5.74, 6) is -0.0988. The lowest BCUT2D eigenvalue weighted by Gasteiger charge is -2.33. The Hall–Kier alpha value is -1.60. The lowest BCUT2D eigenvalue weighted by Crippen LogP contribution is -2.45. The molecular formula is C17H19BrN2O3S. The summed E-state index contributed by atoms with van der Waals surface area (Å²) in [5, 5.41) is 0. The highest BCUT2D eigenvalue weighted by Crippen LogP contribution is 2.25. The molecule has 1 saturated heterocycles. The van der Waals surface area contributed by atoms with Crippen molar-refractivity contribution in [2.45, 2.75) is 19.4 Å². The van der Waals surface area contributed by atoms with Gasteiger partial charge in [-0.2, -0.15) is 0 Å². The van der Waals surface area contributed by atoms with Crippen molar-refractivity contribution in [2.24, 2.45) is 5.92 Å². The van der Waals surface area contributed by atoms with E-state index in [1.807, 2.05) is 19.2 Å². The maximum Gasteiger partial charge on any atom is 0.257 e. The number of likely N-dealkylation sites (tertiary alicyclic amines) is 1. The van der Waals surface area contributed by atoms with Crippen LogP contribution < -0.4 is 0 Å². The second-order valence-electron chi connectivity index (χ2n) is 6.00. The molecule has 0 radical (unpaired) electrons. The van der Waals surface area contributed by atoms with E-state index < -0.39 is 0 Å². The van der Waals surface area contributed by atoms with Gasteiger partial charge in [0, 0.05) is 25.0 Å². The van der Waals surface area contributed by atoms with Crippen LogP contribution in [0.4, 0.5) is 0 Å². The van der Waals surface area contributed by atoms with Crippen LogP contribution in [0.5, 0.6) is 0 Å².